The highest BCUT2D eigenvalue weighted by molar-refractivity contribution is 14.1. The quantitative estimate of drug-likeness (QED) is 0.0187. The number of hydrogen-bond donors (Lipinski definition) is 0. The fourth-order valence-corrected chi connectivity index (χ4v) is 8.44. The largest absolute Gasteiger partial charge is 0.384 e. The van der Waals surface area contributed by atoms with E-state index in [1.807, 2.05) is 89.6 Å². The Kier molecular flexibility index (Phi) is 110. The Morgan fingerprint density at radius 2 is 0.471 bits per heavy atom. The molecule has 0 aliphatic carbocycles. The maximum atomic E-state index is 10.9. The summed E-state index contributed by atoms with van der Waals surface area (Å²) in [7, 11) is 3.44. The van der Waals surface area contributed by atoms with Crippen molar-refractivity contribution in [3.63, 3.8) is 0 Å². The van der Waals surface area contributed by atoms with Crippen LogP contribution in [0.2, 0.25) is 0 Å². The second kappa shape index (κ2) is 90.9. The number of carbonyl (C=O) groups excluding carboxylic acids is 10. The van der Waals surface area contributed by atoms with Crippen LogP contribution < -0.4 is 0 Å². The number of rotatable bonds is 38. The first-order chi connectivity index (χ1) is 47.7. The van der Waals surface area contributed by atoms with Gasteiger partial charge in [0.2, 0.25) is 0 Å². The minimum Gasteiger partial charge on any atom is -0.384 e. The lowest BCUT2D eigenvalue weighted by molar-refractivity contribution is -0.119. The van der Waals surface area contributed by atoms with Crippen LogP contribution in [-0.2, 0) is 57.4 Å². The molecule has 0 unspecified atom stereocenters. The van der Waals surface area contributed by atoms with Crippen LogP contribution in [0.3, 0.4) is 0 Å². The van der Waals surface area contributed by atoms with Crippen LogP contribution in [0.1, 0.15) is 285 Å². The van der Waals surface area contributed by atoms with Gasteiger partial charge in [0.25, 0.3) is 0 Å². The highest BCUT2D eigenvalue weighted by Gasteiger charge is 2.15. The van der Waals surface area contributed by atoms with Crippen LogP contribution in [0.4, 0.5) is 0 Å². The van der Waals surface area contributed by atoms with E-state index >= 15 is 0 Å². The highest BCUT2D eigenvalue weighted by atomic mass is 127. The summed E-state index contributed by atoms with van der Waals surface area (Å²) >= 11 is 4.46. The first-order valence-corrected chi connectivity index (χ1v) is 39.8. The average molecular weight is 1690 g/mol. The van der Waals surface area contributed by atoms with Crippen molar-refractivity contribution in [2.75, 3.05) is 27.4 Å². The maximum Gasteiger partial charge on any atom is 0.152 e. The second-order valence-electron chi connectivity index (χ2n) is 30.0. The van der Waals surface area contributed by atoms with Gasteiger partial charge in [0.1, 0.15) is 47.3 Å². The number of aldehydes is 2. The third-order valence-electron chi connectivity index (χ3n) is 13.9. The molecular weight excluding hydrogens is 1530 g/mol. The van der Waals surface area contributed by atoms with Crippen molar-refractivity contribution >= 4 is 104 Å². The molecule has 12 nitrogen and oxygen atoms in total. The molecule has 0 radical (unpaired) electrons. The van der Waals surface area contributed by atoms with Crippen LogP contribution >= 0.6 is 45.2 Å². The predicted octanol–water partition coefficient (Wildman–Crippen LogP) is 25.6. The summed E-state index contributed by atoms with van der Waals surface area (Å²) in [4.78, 5) is 105. The fourth-order valence-electron chi connectivity index (χ4n) is 7.37. The molecule has 0 heterocycles. The molecular formula is C90H162I2O12. The molecule has 14 heteroatoms. The maximum absolute atomic E-state index is 10.9. The van der Waals surface area contributed by atoms with Crippen molar-refractivity contribution in [1.29, 1.82) is 0 Å². The van der Waals surface area contributed by atoms with E-state index in [0.717, 1.165) is 62.6 Å². The van der Waals surface area contributed by atoms with Crippen molar-refractivity contribution in [2.45, 2.75) is 285 Å². The zero-order valence-electron chi connectivity index (χ0n) is 72.8. The van der Waals surface area contributed by atoms with Crippen molar-refractivity contribution in [3.05, 3.63) is 119 Å². The Morgan fingerprint density at radius 3 is 0.558 bits per heavy atom. The number of ketones is 8. The molecule has 0 saturated carbocycles. The lowest BCUT2D eigenvalue weighted by atomic mass is 9.90. The number of Topliss-reactive ketones (excluding diaryl/α,β-unsaturated/α-hetero) is 6. The number of methoxy groups -OCH3 is 2. The summed E-state index contributed by atoms with van der Waals surface area (Å²) < 4.78 is 13.7. The molecule has 0 aromatic heterocycles. The molecule has 0 aromatic carbocycles. The van der Waals surface area contributed by atoms with Crippen LogP contribution in [0, 0.1) is 82.9 Å². The van der Waals surface area contributed by atoms with Crippen molar-refractivity contribution < 1.29 is 57.4 Å². The van der Waals surface area contributed by atoms with Crippen molar-refractivity contribution in [3.8, 4) is 0 Å². The zero-order valence-corrected chi connectivity index (χ0v) is 77.1. The molecule has 0 amide bonds. The molecule has 0 fully saturated rings. The molecule has 608 valence electrons. The standard InChI is InChI=1S/2C13H22O.2C10H17IO.2C9H16O2.2C5H12O.2C4H6O.2C4H8/c2*1-10(2)6-8-13(11(3)4)9-7-12(5)14;2*1-8(2)10(6-7-11)5-4-9(3)12;2*1-7(2)9(6-10)5-4-8(3)11;2*1-5(2)4-6-3;2*1-3-4(2)5;2*1-4(2)3/h2*6,8,11,13H,1,7,9H2,2-5H3;2*6-8,10H,4-5H2,1-3H3;2*6-7,9H,4-5H2,1-3H3;2*5H,4H2,1-3H3;2*3H,1H2,2H3;2*1H2,2-3H3/b2*8-6-;2*7-6-;;;;;;;;/t2*13-;2*10-;2*9-;;;;;;/m101010....../s1. The van der Waals surface area contributed by atoms with Gasteiger partial charge in [-0.1, -0.05) is 241 Å². The summed E-state index contributed by atoms with van der Waals surface area (Å²) in [6.07, 6.45) is 26.4. The van der Waals surface area contributed by atoms with Gasteiger partial charge in [-0.3, -0.25) is 9.59 Å². The lowest BCUT2D eigenvalue weighted by Crippen LogP contribution is -2.11. The molecule has 104 heavy (non-hydrogen) atoms. The smallest absolute Gasteiger partial charge is 0.152 e. The van der Waals surface area contributed by atoms with Gasteiger partial charge < -0.3 is 47.8 Å². The van der Waals surface area contributed by atoms with Gasteiger partial charge in [-0.05, 0) is 227 Å². The van der Waals surface area contributed by atoms with Crippen LogP contribution in [0.5, 0.6) is 0 Å². The fraction of sp³-hybridized carbons (Fsp3) is 0.667. The molecule has 0 saturated heterocycles. The minimum atomic E-state index is 0.0185. The number of carbonyl (C=O) groups is 10. The summed E-state index contributed by atoms with van der Waals surface area (Å²) in [5.74, 6) is 8.23. The minimum absolute atomic E-state index is 0.0185. The summed E-state index contributed by atoms with van der Waals surface area (Å²) in [5, 5.41) is 0. The van der Waals surface area contributed by atoms with Crippen molar-refractivity contribution in [2.24, 2.45) is 82.9 Å². The molecule has 0 N–H and O–H groups in total. The first-order valence-electron chi connectivity index (χ1n) is 37.3. The molecule has 0 spiro atoms. The van der Waals surface area contributed by atoms with Gasteiger partial charge >= 0.3 is 0 Å². The van der Waals surface area contributed by atoms with Gasteiger partial charge in [-0.2, -0.15) is 0 Å². The Morgan fingerprint density at radius 1 is 0.317 bits per heavy atom. The van der Waals surface area contributed by atoms with Crippen LogP contribution in [-0.4, -0.2) is 86.3 Å². The van der Waals surface area contributed by atoms with E-state index in [1.165, 1.54) is 37.1 Å². The average Bonchev–Trinajstić information content (AvgIpc) is 1.03. The summed E-state index contributed by atoms with van der Waals surface area (Å²) in [6.45, 7) is 81.5. The predicted molar refractivity (Wildman–Crippen MR) is 472 cm³/mol. The lowest BCUT2D eigenvalue weighted by Gasteiger charge is -2.15. The van der Waals surface area contributed by atoms with E-state index in [-0.39, 0.29) is 46.5 Å². The third-order valence-corrected chi connectivity index (χ3v) is 14.8. The van der Waals surface area contributed by atoms with Gasteiger partial charge in [-0.25, -0.2) is 0 Å². The van der Waals surface area contributed by atoms with E-state index in [9.17, 15) is 47.9 Å². The van der Waals surface area contributed by atoms with E-state index < -0.39 is 0 Å². The van der Waals surface area contributed by atoms with Gasteiger partial charge in [-0.15, -0.1) is 13.2 Å². The van der Waals surface area contributed by atoms with Gasteiger partial charge in [0.15, 0.2) is 11.6 Å². The van der Waals surface area contributed by atoms with E-state index in [1.54, 1.807) is 55.8 Å². The zero-order chi connectivity index (χ0) is 84.8. The Labute approximate surface area is 670 Å². The monoisotopic (exact) mass is 1690 g/mol. The Hall–Kier alpha value is -4.52. The number of ether oxygens (including phenoxy) is 2. The SMILES string of the molecule is C=C(C)/C=C\[C@@H](CCC(C)=O)C(C)C.C=C(C)/C=C\[C@H](CCC(C)=O)C(C)C.C=C(C)C.C=C(C)C.C=CC(C)=O.C=CC(C)=O.CC(=O)CC[C@@H](/C=C\I)C(C)C.CC(=O)CC[C@@H](C=O)C(C)C.CC(=O)CC[C@H](/C=C\I)C(C)C.CC(=O)CC[C@H](C=O)C(C)C.COCC(C)C.COCC(C)C. The third kappa shape index (κ3) is 144. The summed E-state index contributed by atoms with van der Waals surface area (Å²) in [5.41, 5.74) is 4.47. The molecule has 0 rings (SSSR count). The number of halogens is 2. The van der Waals surface area contributed by atoms with E-state index in [2.05, 4.69) is 192 Å². The Balaban J connectivity index is -0.0000000907. The Bertz CT molecular complexity index is 2190. The molecule has 0 aliphatic heterocycles. The summed E-state index contributed by atoms with van der Waals surface area (Å²) in [6, 6.07) is 0. The number of allylic oxidation sites excluding steroid dienone is 12. The highest BCUT2D eigenvalue weighted by Crippen LogP contribution is 2.23. The topological polar surface area (TPSA) is 189 Å². The molecule has 0 bridgehead atoms. The normalized spacial score (nSPS) is 11.9. The van der Waals surface area contributed by atoms with Crippen LogP contribution in [0.25, 0.3) is 0 Å². The molecule has 6 atom stereocenters. The van der Waals surface area contributed by atoms with Gasteiger partial charge in [0, 0.05) is 77.8 Å². The van der Waals surface area contributed by atoms with Gasteiger partial charge in [0.05, 0.1) is 0 Å². The van der Waals surface area contributed by atoms with Crippen LogP contribution in [0.15, 0.2) is 119 Å². The van der Waals surface area contributed by atoms with Crippen molar-refractivity contribution in [1.82, 2.24) is 0 Å². The molecule has 0 aromatic rings. The number of hydrogen-bond acceptors (Lipinski definition) is 12. The molecule has 0 aliphatic rings. The second-order valence-corrected chi connectivity index (χ2v) is 31.4. The van der Waals surface area contributed by atoms with E-state index in [4.69, 9.17) is 9.47 Å². The first kappa shape index (κ1) is 126. The van der Waals surface area contributed by atoms with E-state index in [0.29, 0.717) is 134 Å².